The number of hydrogen-bond acceptors (Lipinski definition) is 4. The highest BCUT2D eigenvalue weighted by atomic mass is 35.5. The molecule has 122 valence electrons. The van der Waals surface area contributed by atoms with Crippen LogP contribution in [-0.4, -0.2) is 22.4 Å². The molecule has 1 aromatic carbocycles. The predicted molar refractivity (Wildman–Crippen MR) is 93.4 cm³/mol. The summed E-state index contributed by atoms with van der Waals surface area (Å²) in [5, 5.41) is 6.75. The summed E-state index contributed by atoms with van der Waals surface area (Å²) in [4.78, 5) is 20.7. The normalized spacial score (nSPS) is 10.7. The molecular weight excluding hydrogens is 312 g/mol. The number of anilines is 2. The van der Waals surface area contributed by atoms with Crippen LogP contribution in [0.25, 0.3) is 0 Å². The average molecular weight is 333 g/mol. The first-order chi connectivity index (χ1) is 10.8. The Labute approximate surface area is 141 Å². The Morgan fingerprint density at radius 3 is 2.61 bits per heavy atom. The van der Waals surface area contributed by atoms with Gasteiger partial charge in [0.1, 0.15) is 17.3 Å². The van der Waals surface area contributed by atoms with Gasteiger partial charge in [0, 0.05) is 23.3 Å². The van der Waals surface area contributed by atoms with E-state index < -0.39 is 0 Å². The van der Waals surface area contributed by atoms with Crippen LogP contribution in [0.2, 0.25) is 5.02 Å². The summed E-state index contributed by atoms with van der Waals surface area (Å²) in [6, 6.07) is 7.21. The largest absolute Gasteiger partial charge is 0.350 e. The second-order valence-corrected chi connectivity index (χ2v) is 6.31. The second-order valence-electron chi connectivity index (χ2n) is 5.87. The quantitative estimate of drug-likeness (QED) is 0.872. The molecule has 0 unspecified atom stereocenters. The molecule has 0 aliphatic rings. The van der Waals surface area contributed by atoms with Gasteiger partial charge in [0.15, 0.2) is 0 Å². The molecule has 2 N–H and O–H groups in total. The number of aromatic nitrogens is 2. The number of nitrogens with zero attached hydrogens (tertiary/aromatic N) is 2. The van der Waals surface area contributed by atoms with Gasteiger partial charge in [-0.1, -0.05) is 25.4 Å². The van der Waals surface area contributed by atoms with Crippen LogP contribution in [0.4, 0.5) is 11.5 Å². The minimum Gasteiger partial charge on any atom is -0.350 e. The Balaban J connectivity index is 2.21. The van der Waals surface area contributed by atoms with E-state index in [1.54, 1.807) is 19.1 Å². The van der Waals surface area contributed by atoms with E-state index in [1.165, 1.54) is 0 Å². The Bertz CT molecular complexity index is 716. The summed E-state index contributed by atoms with van der Waals surface area (Å²) in [7, 11) is 0. The van der Waals surface area contributed by atoms with Gasteiger partial charge in [-0.05, 0) is 43.5 Å². The zero-order valence-corrected chi connectivity index (χ0v) is 14.5. The first kappa shape index (κ1) is 17.2. The molecule has 0 saturated carbocycles. The number of rotatable bonds is 5. The van der Waals surface area contributed by atoms with Gasteiger partial charge < -0.3 is 10.6 Å². The van der Waals surface area contributed by atoms with Crippen LogP contribution in [0.1, 0.15) is 35.7 Å². The van der Waals surface area contributed by atoms with Crippen LogP contribution >= 0.6 is 11.6 Å². The first-order valence-electron chi connectivity index (χ1n) is 7.52. The van der Waals surface area contributed by atoms with E-state index in [9.17, 15) is 4.79 Å². The average Bonchev–Trinajstić information content (AvgIpc) is 2.47. The lowest BCUT2D eigenvalue weighted by molar-refractivity contribution is 0.0943. The van der Waals surface area contributed by atoms with E-state index >= 15 is 0 Å². The van der Waals surface area contributed by atoms with Crippen molar-refractivity contribution in [2.75, 3.05) is 11.9 Å². The summed E-state index contributed by atoms with van der Waals surface area (Å²) in [6.07, 6.45) is 0. The molecule has 0 bridgehead atoms. The van der Waals surface area contributed by atoms with Gasteiger partial charge >= 0.3 is 0 Å². The second kappa shape index (κ2) is 7.42. The fourth-order valence-electron chi connectivity index (χ4n) is 2.04. The van der Waals surface area contributed by atoms with Gasteiger partial charge in [-0.15, -0.1) is 0 Å². The fourth-order valence-corrected chi connectivity index (χ4v) is 2.27. The van der Waals surface area contributed by atoms with E-state index in [4.69, 9.17) is 11.6 Å². The number of benzene rings is 1. The zero-order valence-electron chi connectivity index (χ0n) is 13.8. The third kappa shape index (κ3) is 4.93. The molecule has 6 heteroatoms. The first-order valence-corrected chi connectivity index (χ1v) is 7.90. The van der Waals surface area contributed by atoms with Crippen LogP contribution in [0.15, 0.2) is 24.3 Å². The van der Waals surface area contributed by atoms with Gasteiger partial charge in [-0.2, -0.15) is 0 Å². The summed E-state index contributed by atoms with van der Waals surface area (Å²) in [6.45, 7) is 8.42. The van der Waals surface area contributed by atoms with Crippen molar-refractivity contribution in [3.8, 4) is 0 Å². The molecule has 2 aromatic rings. The minimum atomic E-state index is -0.194. The van der Waals surface area contributed by atoms with Gasteiger partial charge in [-0.3, -0.25) is 4.79 Å². The van der Waals surface area contributed by atoms with Crippen molar-refractivity contribution in [2.45, 2.75) is 27.7 Å². The Morgan fingerprint density at radius 1 is 1.22 bits per heavy atom. The van der Waals surface area contributed by atoms with Gasteiger partial charge in [0.25, 0.3) is 5.91 Å². The van der Waals surface area contributed by atoms with Crippen LogP contribution in [0.5, 0.6) is 0 Å². The van der Waals surface area contributed by atoms with Crippen molar-refractivity contribution >= 4 is 29.0 Å². The highest BCUT2D eigenvalue weighted by molar-refractivity contribution is 6.30. The van der Waals surface area contributed by atoms with Gasteiger partial charge in [0.05, 0.1) is 0 Å². The monoisotopic (exact) mass is 332 g/mol. The van der Waals surface area contributed by atoms with E-state index in [0.29, 0.717) is 34.8 Å². The third-order valence-corrected chi connectivity index (χ3v) is 3.43. The number of amides is 1. The lowest BCUT2D eigenvalue weighted by Crippen LogP contribution is -2.28. The van der Waals surface area contributed by atoms with E-state index in [-0.39, 0.29) is 5.91 Å². The maximum absolute atomic E-state index is 12.2. The Hall–Kier alpha value is -2.14. The maximum atomic E-state index is 12.2. The van der Waals surface area contributed by atoms with Crippen molar-refractivity contribution in [1.29, 1.82) is 0 Å². The molecule has 1 heterocycles. The summed E-state index contributed by atoms with van der Waals surface area (Å²) < 4.78 is 0. The molecule has 0 spiro atoms. The topological polar surface area (TPSA) is 66.9 Å². The molecule has 0 aliphatic carbocycles. The fraction of sp³-hybridized carbons (Fsp3) is 0.353. The summed E-state index contributed by atoms with van der Waals surface area (Å²) >= 11 is 5.97. The summed E-state index contributed by atoms with van der Waals surface area (Å²) in [5.41, 5.74) is 2.24. The Kier molecular flexibility index (Phi) is 5.55. The molecule has 1 aromatic heterocycles. The van der Waals surface area contributed by atoms with Gasteiger partial charge in [0.2, 0.25) is 0 Å². The molecule has 1 amide bonds. The van der Waals surface area contributed by atoms with Crippen LogP contribution in [-0.2, 0) is 0 Å². The smallest absolute Gasteiger partial charge is 0.270 e. The number of aryl methyl sites for hydroxylation is 2. The number of carbonyl (C=O) groups excluding carboxylic acids is 1. The number of nitrogens with one attached hydrogen (secondary N) is 2. The van der Waals surface area contributed by atoms with Crippen molar-refractivity contribution in [2.24, 2.45) is 5.92 Å². The lowest BCUT2D eigenvalue weighted by atomic mass is 10.2. The third-order valence-electron chi connectivity index (χ3n) is 3.19. The lowest BCUT2D eigenvalue weighted by Gasteiger charge is -2.12. The molecule has 2 rings (SSSR count). The highest BCUT2D eigenvalue weighted by Gasteiger charge is 2.11. The van der Waals surface area contributed by atoms with E-state index in [1.807, 2.05) is 32.9 Å². The van der Waals surface area contributed by atoms with Crippen LogP contribution in [0.3, 0.4) is 0 Å². The van der Waals surface area contributed by atoms with E-state index in [2.05, 4.69) is 20.6 Å². The predicted octanol–water partition coefficient (Wildman–Crippen LogP) is 3.88. The number of halogens is 1. The van der Waals surface area contributed by atoms with E-state index in [0.717, 1.165) is 11.3 Å². The van der Waals surface area contributed by atoms with Gasteiger partial charge in [-0.25, -0.2) is 9.97 Å². The summed E-state index contributed by atoms with van der Waals surface area (Å²) in [5.74, 6) is 1.31. The maximum Gasteiger partial charge on any atom is 0.270 e. The molecule has 0 atom stereocenters. The standard InChI is InChI=1S/C17H21ClN4O/c1-10(2)9-19-17(23)15-8-16(21-12(4)20-15)22-14-6-5-13(18)7-11(14)3/h5-8,10H,9H2,1-4H3,(H,19,23)(H,20,21,22). The molecule has 0 radical (unpaired) electrons. The molecular formula is C17H21ClN4O. The zero-order chi connectivity index (χ0) is 17.0. The van der Waals surface area contributed by atoms with Crippen molar-refractivity contribution < 1.29 is 4.79 Å². The molecule has 5 nitrogen and oxygen atoms in total. The number of carbonyl (C=O) groups is 1. The van der Waals surface area contributed by atoms with Crippen molar-refractivity contribution in [3.63, 3.8) is 0 Å². The molecule has 0 aliphatic heterocycles. The van der Waals surface area contributed by atoms with Crippen molar-refractivity contribution in [3.05, 3.63) is 46.4 Å². The molecule has 0 fully saturated rings. The molecule has 23 heavy (non-hydrogen) atoms. The molecule has 0 saturated heterocycles. The highest BCUT2D eigenvalue weighted by Crippen LogP contribution is 2.23. The van der Waals surface area contributed by atoms with Crippen molar-refractivity contribution in [1.82, 2.24) is 15.3 Å². The van der Waals surface area contributed by atoms with Crippen LogP contribution < -0.4 is 10.6 Å². The number of hydrogen-bond donors (Lipinski definition) is 2. The SMILES string of the molecule is Cc1nc(Nc2ccc(Cl)cc2C)cc(C(=O)NCC(C)C)n1. The minimum absolute atomic E-state index is 0.194. The Morgan fingerprint density at radius 2 is 1.96 bits per heavy atom. The van der Waals surface area contributed by atoms with Crippen LogP contribution in [0, 0.1) is 19.8 Å².